The SMILES string of the molecule is CCC(CC)(Cc1cccc(F)c1)O[Si]. The highest BCUT2D eigenvalue weighted by molar-refractivity contribution is 5.98. The Balaban J connectivity index is 2.82. The van der Waals surface area contributed by atoms with Crippen molar-refractivity contribution in [3.8, 4) is 0 Å². The Bertz CT molecular complexity index is 302. The van der Waals surface area contributed by atoms with Gasteiger partial charge in [-0.15, -0.1) is 0 Å². The zero-order valence-electron chi connectivity index (χ0n) is 9.22. The third-order valence-corrected chi connectivity index (χ3v) is 3.35. The quantitative estimate of drug-likeness (QED) is 0.697. The highest BCUT2D eigenvalue weighted by Crippen LogP contribution is 2.24. The molecule has 1 rings (SSSR count). The van der Waals surface area contributed by atoms with Crippen LogP contribution in [0.15, 0.2) is 24.3 Å². The first-order chi connectivity index (χ1) is 7.15. The van der Waals surface area contributed by atoms with Crippen molar-refractivity contribution in [1.82, 2.24) is 0 Å². The first-order valence-corrected chi connectivity index (χ1v) is 5.66. The monoisotopic (exact) mass is 223 g/mol. The summed E-state index contributed by atoms with van der Waals surface area (Å²) < 4.78 is 18.4. The predicted octanol–water partition coefficient (Wildman–Crippen LogP) is 3.03. The van der Waals surface area contributed by atoms with E-state index in [9.17, 15) is 4.39 Å². The van der Waals surface area contributed by atoms with Crippen LogP contribution in [-0.2, 0) is 10.8 Å². The molecule has 0 heterocycles. The summed E-state index contributed by atoms with van der Waals surface area (Å²) in [5.74, 6) is -0.192. The average molecular weight is 223 g/mol. The number of hydrogen-bond donors (Lipinski definition) is 0. The third-order valence-electron chi connectivity index (χ3n) is 2.92. The lowest BCUT2D eigenvalue weighted by atomic mass is 9.89. The van der Waals surface area contributed by atoms with Gasteiger partial charge in [-0.05, 0) is 30.5 Å². The maximum atomic E-state index is 13.0. The van der Waals surface area contributed by atoms with Gasteiger partial charge in [-0.25, -0.2) is 4.39 Å². The van der Waals surface area contributed by atoms with E-state index < -0.39 is 0 Å². The fourth-order valence-electron chi connectivity index (χ4n) is 1.70. The summed E-state index contributed by atoms with van der Waals surface area (Å²) in [6.45, 7) is 4.14. The smallest absolute Gasteiger partial charge is 0.247 e. The molecule has 0 aromatic heterocycles. The normalized spacial score (nSPS) is 11.7. The Kier molecular flexibility index (Phi) is 4.48. The fraction of sp³-hybridized carbons (Fsp3) is 0.500. The van der Waals surface area contributed by atoms with Crippen molar-refractivity contribution in [2.75, 3.05) is 0 Å². The molecule has 1 nitrogen and oxygen atoms in total. The van der Waals surface area contributed by atoms with Gasteiger partial charge in [-0.1, -0.05) is 26.0 Å². The first kappa shape index (κ1) is 12.4. The zero-order chi connectivity index (χ0) is 11.3. The Morgan fingerprint density at radius 2 is 2.00 bits per heavy atom. The van der Waals surface area contributed by atoms with Crippen molar-refractivity contribution in [1.29, 1.82) is 0 Å². The summed E-state index contributed by atoms with van der Waals surface area (Å²) in [6.07, 6.45) is 2.51. The molecule has 0 fully saturated rings. The van der Waals surface area contributed by atoms with Crippen LogP contribution in [0.5, 0.6) is 0 Å². The van der Waals surface area contributed by atoms with E-state index in [1.54, 1.807) is 12.1 Å². The van der Waals surface area contributed by atoms with Crippen molar-refractivity contribution < 1.29 is 8.82 Å². The van der Waals surface area contributed by atoms with Crippen LogP contribution in [0.25, 0.3) is 0 Å². The van der Waals surface area contributed by atoms with Crippen LogP contribution < -0.4 is 0 Å². The minimum Gasteiger partial charge on any atom is -0.413 e. The molecule has 0 aliphatic heterocycles. The van der Waals surface area contributed by atoms with Crippen LogP contribution in [0.1, 0.15) is 32.3 Å². The molecule has 0 atom stereocenters. The standard InChI is InChI=1S/C12H16FOSi/c1-3-12(4-2,14-15)9-10-6-5-7-11(13)8-10/h5-8H,3-4,9H2,1-2H3. The van der Waals surface area contributed by atoms with Gasteiger partial charge < -0.3 is 4.43 Å². The molecule has 1 aromatic rings. The molecular weight excluding hydrogens is 207 g/mol. The highest BCUT2D eigenvalue weighted by Gasteiger charge is 2.25. The lowest BCUT2D eigenvalue weighted by molar-refractivity contribution is 0.0713. The van der Waals surface area contributed by atoms with E-state index in [2.05, 4.69) is 24.3 Å². The van der Waals surface area contributed by atoms with E-state index in [1.165, 1.54) is 6.07 Å². The zero-order valence-corrected chi connectivity index (χ0v) is 10.2. The van der Waals surface area contributed by atoms with Crippen molar-refractivity contribution >= 4 is 10.5 Å². The number of benzene rings is 1. The molecule has 0 N–H and O–H groups in total. The molecule has 0 aliphatic rings. The summed E-state index contributed by atoms with van der Waals surface area (Å²) in [6, 6.07) is 6.67. The Morgan fingerprint density at radius 1 is 1.33 bits per heavy atom. The molecule has 0 amide bonds. The van der Waals surface area contributed by atoms with Gasteiger partial charge in [-0.2, -0.15) is 0 Å². The van der Waals surface area contributed by atoms with E-state index in [1.807, 2.05) is 6.07 Å². The summed E-state index contributed by atoms with van der Waals surface area (Å²) in [7, 11) is 3.13. The number of rotatable bonds is 5. The maximum Gasteiger partial charge on any atom is 0.247 e. The lowest BCUT2D eigenvalue weighted by Crippen LogP contribution is -2.32. The second kappa shape index (κ2) is 5.42. The van der Waals surface area contributed by atoms with E-state index in [-0.39, 0.29) is 11.4 Å². The average Bonchev–Trinajstić information content (AvgIpc) is 2.26. The molecule has 0 aliphatic carbocycles. The molecular formula is C12H16FOSi. The minimum atomic E-state index is -0.231. The largest absolute Gasteiger partial charge is 0.413 e. The second-order valence-electron chi connectivity index (χ2n) is 3.80. The Labute approximate surface area is 94.2 Å². The molecule has 3 heteroatoms. The Hall–Kier alpha value is -0.673. The van der Waals surface area contributed by atoms with Crippen molar-refractivity contribution in [3.05, 3.63) is 35.6 Å². The summed E-state index contributed by atoms with van der Waals surface area (Å²) in [5.41, 5.74) is 0.738. The fourth-order valence-corrected chi connectivity index (χ4v) is 2.06. The van der Waals surface area contributed by atoms with E-state index in [4.69, 9.17) is 4.43 Å². The van der Waals surface area contributed by atoms with E-state index >= 15 is 0 Å². The van der Waals surface area contributed by atoms with Gasteiger partial charge in [0.05, 0.1) is 5.60 Å². The van der Waals surface area contributed by atoms with Gasteiger partial charge >= 0.3 is 0 Å². The van der Waals surface area contributed by atoms with Gasteiger partial charge in [0.15, 0.2) is 0 Å². The van der Waals surface area contributed by atoms with Crippen LogP contribution in [-0.4, -0.2) is 16.1 Å². The van der Waals surface area contributed by atoms with Crippen LogP contribution in [0.4, 0.5) is 4.39 Å². The Morgan fingerprint density at radius 3 is 2.47 bits per heavy atom. The van der Waals surface area contributed by atoms with Gasteiger partial charge in [0, 0.05) is 6.42 Å². The summed E-state index contributed by atoms with van der Waals surface area (Å²) in [4.78, 5) is 0. The molecule has 15 heavy (non-hydrogen) atoms. The topological polar surface area (TPSA) is 9.23 Å². The molecule has 0 bridgehead atoms. The maximum absolute atomic E-state index is 13.0. The van der Waals surface area contributed by atoms with Crippen molar-refractivity contribution in [3.63, 3.8) is 0 Å². The second-order valence-corrected chi connectivity index (χ2v) is 4.00. The molecule has 0 saturated carbocycles. The summed E-state index contributed by atoms with van der Waals surface area (Å²) >= 11 is 0. The number of hydrogen-bond acceptors (Lipinski definition) is 1. The molecule has 0 spiro atoms. The van der Waals surface area contributed by atoms with Crippen LogP contribution in [0.3, 0.4) is 0 Å². The van der Waals surface area contributed by atoms with Gasteiger partial charge in [0.2, 0.25) is 10.5 Å². The van der Waals surface area contributed by atoms with Gasteiger partial charge in [0.1, 0.15) is 5.82 Å². The minimum absolute atomic E-state index is 0.192. The predicted molar refractivity (Wildman–Crippen MR) is 60.3 cm³/mol. The van der Waals surface area contributed by atoms with Crippen molar-refractivity contribution in [2.45, 2.75) is 38.7 Å². The number of halogens is 1. The highest BCUT2D eigenvalue weighted by atomic mass is 28.2. The van der Waals surface area contributed by atoms with E-state index in [0.717, 1.165) is 24.8 Å². The molecule has 1 aromatic carbocycles. The molecule has 3 radical (unpaired) electrons. The molecule has 0 unspecified atom stereocenters. The van der Waals surface area contributed by atoms with Crippen LogP contribution >= 0.6 is 0 Å². The summed E-state index contributed by atoms with van der Waals surface area (Å²) in [5, 5.41) is 0. The molecule has 81 valence electrons. The van der Waals surface area contributed by atoms with Gasteiger partial charge in [0.25, 0.3) is 0 Å². The van der Waals surface area contributed by atoms with Crippen LogP contribution in [0, 0.1) is 5.82 Å². The lowest BCUT2D eigenvalue weighted by Gasteiger charge is -2.30. The third kappa shape index (κ3) is 3.14. The van der Waals surface area contributed by atoms with Crippen LogP contribution in [0.2, 0.25) is 0 Å². The van der Waals surface area contributed by atoms with Gasteiger partial charge in [-0.3, -0.25) is 0 Å². The van der Waals surface area contributed by atoms with Crippen molar-refractivity contribution in [2.24, 2.45) is 0 Å². The first-order valence-electron chi connectivity index (χ1n) is 5.25. The molecule has 0 saturated heterocycles. The van der Waals surface area contributed by atoms with E-state index in [0.29, 0.717) is 0 Å².